The second-order valence-corrected chi connectivity index (χ2v) is 7.94. The monoisotopic (exact) mass is 387 g/mol. The Morgan fingerprint density at radius 1 is 1.15 bits per heavy atom. The minimum absolute atomic E-state index is 0.129. The molecule has 2 aromatic carbocycles. The zero-order valence-corrected chi connectivity index (χ0v) is 16.9. The number of piperidine rings is 1. The third-order valence-electron chi connectivity index (χ3n) is 4.97. The van der Waals surface area contributed by atoms with E-state index < -0.39 is 0 Å². The Kier molecular flexibility index (Phi) is 6.38. The van der Waals surface area contributed by atoms with Gasteiger partial charge in [-0.3, -0.25) is 0 Å². The molecule has 2 N–H and O–H groups in total. The summed E-state index contributed by atoms with van der Waals surface area (Å²) < 4.78 is 0. The number of hydrogen-bond acceptors (Lipinski definition) is 2. The Bertz CT molecular complexity index is 739. The lowest BCUT2D eigenvalue weighted by Gasteiger charge is -2.32. The fourth-order valence-electron chi connectivity index (χ4n) is 3.25. The van der Waals surface area contributed by atoms with E-state index in [4.69, 9.17) is 23.8 Å². The molecule has 3 rings (SSSR count). The van der Waals surface area contributed by atoms with Gasteiger partial charge in [-0.2, -0.15) is 0 Å². The van der Waals surface area contributed by atoms with E-state index in [9.17, 15) is 0 Å². The number of nitrogens with one attached hydrogen (secondary N) is 2. The van der Waals surface area contributed by atoms with Crippen LogP contribution in [0.25, 0.3) is 0 Å². The van der Waals surface area contributed by atoms with Gasteiger partial charge in [0.25, 0.3) is 0 Å². The summed E-state index contributed by atoms with van der Waals surface area (Å²) in [6, 6.07) is 16.5. The number of benzene rings is 2. The number of halogens is 1. The quantitative estimate of drug-likeness (QED) is 0.665. The standard InChI is InChI=1S/C21H26ClN3S/c1-15-10-12-25(13-11-15)20-8-6-17(7-9-20)16(2)23-21(26)24-19-5-3-4-18(22)14-19/h3-9,14-16H,10-13H2,1-2H3,(H2,23,24,26)/t16-/m0/s1. The SMILES string of the molecule is CC1CCN(c2ccc([C@H](C)NC(=S)Nc3cccc(Cl)c3)cc2)CC1. The molecule has 0 unspecified atom stereocenters. The number of hydrogen-bond donors (Lipinski definition) is 2. The maximum atomic E-state index is 6.01. The van der Waals surface area contributed by atoms with Gasteiger partial charge in [-0.25, -0.2) is 0 Å². The molecule has 1 aliphatic heterocycles. The molecule has 0 aromatic heterocycles. The largest absolute Gasteiger partial charge is 0.372 e. The molecule has 3 nitrogen and oxygen atoms in total. The molecule has 0 radical (unpaired) electrons. The number of rotatable bonds is 4. The van der Waals surface area contributed by atoms with E-state index in [1.807, 2.05) is 24.3 Å². The molecule has 138 valence electrons. The molecule has 0 amide bonds. The van der Waals surface area contributed by atoms with Gasteiger partial charge in [-0.1, -0.05) is 36.7 Å². The second kappa shape index (κ2) is 8.74. The highest BCUT2D eigenvalue weighted by Crippen LogP contribution is 2.24. The highest BCUT2D eigenvalue weighted by molar-refractivity contribution is 7.80. The highest BCUT2D eigenvalue weighted by Gasteiger charge is 2.16. The summed E-state index contributed by atoms with van der Waals surface area (Å²) in [5, 5.41) is 7.79. The lowest BCUT2D eigenvalue weighted by Crippen LogP contribution is -2.33. The van der Waals surface area contributed by atoms with E-state index in [0.29, 0.717) is 10.1 Å². The zero-order valence-electron chi connectivity index (χ0n) is 15.3. The van der Waals surface area contributed by atoms with Crippen LogP contribution in [0.3, 0.4) is 0 Å². The minimum Gasteiger partial charge on any atom is -0.372 e. The van der Waals surface area contributed by atoms with Crippen LogP contribution in [0, 0.1) is 5.92 Å². The summed E-state index contributed by atoms with van der Waals surface area (Å²) in [5.74, 6) is 0.850. The Morgan fingerprint density at radius 3 is 2.50 bits per heavy atom. The van der Waals surface area contributed by atoms with Gasteiger partial charge in [-0.15, -0.1) is 0 Å². The summed E-state index contributed by atoms with van der Waals surface area (Å²) >= 11 is 11.4. The summed E-state index contributed by atoms with van der Waals surface area (Å²) in [5.41, 5.74) is 3.42. The molecule has 1 saturated heterocycles. The molecule has 2 aromatic rings. The van der Waals surface area contributed by atoms with Crippen molar-refractivity contribution in [3.63, 3.8) is 0 Å². The minimum atomic E-state index is 0.129. The van der Waals surface area contributed by atoms with Crippen LogP contribution in [0.15, 0.2) is 48.5 Å². The van der Waals surface area contributed by atoms with Gasteiger partial charge < -0.3 is 15.5 Å². The number of anilines is 2. The van der Waals surface area contributed by atoms with Gasteiger partial charge in [-0.05, 0) is 73.8 Å². The van der Waals surface area contributed by atoms with E-state index >= 15 is 0 Å². The van der Waals surface area contributed by atoms with Gasteiger partial charge in [0.2, 0.25) is 0 Å². The van der Waals surface area contributed by atoms with Crippen molar-refractivity contribution in [1.29, 1.82) is 0 Å². The van der Waals surface area contributed by atoms with Crippen LogP contribution in [-0.4, -0.2) is 18.2 Å². The molecular formula is C21H26ClN3S. The molecule has 0 bridgehead atoms. The molecule has 1 atom stereocenters. The molecular weight excluding hydrogens is 362 g/mol. The maximum Gasteiger partial charge on any atom is 0.171 e. The summed E-state index contributed by atoms with van der Waals surface area (Å²) in [6.45, 7) is 6.77. The third kappa shape index (κ3) is 5.12. The summed E-state index contributed by atoms with van der Waals surface area (Å²) in [7, 11) is 0. The normalized spacial score (nSPS) is 16.2. The second-order valence-electron chi connectivity index (χ2n) is 7.09. The van der Waals surface area contributed by atoms with Crippen molar-refractivity contribution in [2.45, 2.75) is 32.7 Å². The summed E-state index contributed by atoms with van der Waals surface area (Å²) in [6.07, 6.45) is 2.56. The van der Waals surface area contributed by atoms with Gasteiger partial charge in [0.1, 0.15) is 0 Å². The molecule has 5 heteroatoms. The predicted molar refractivity (Wildman–Crippen MR) is 116 cm³/mol. The molecule has 0 spiro atoms. The van der Waals surface area contributed by atoms with Crippen molar-refractivity contribution < 1.29 is 0 Å². The first-order valence-electron chi connectivity index (χ1n) is 9.19. The third-order valence-corrected chi connectivity index (χ3v) is 5.43. The fraction of sp³-hybridized carbons (Fsp3) is 0.381. The first-order valence-corrected chi connectivity index (χ1v) is 9.98. The fourth-order valence-corrected chi connectivity index (χ4v) is 3.74. The average Bonchev–Trinajstić information content (AvgIpc) is 2.62. The van der Waals surface area contributed by atoms with Crippen LogP contribution in [0.4, 0.5) is 11.4 Å². The zero-order chi connectivity index (χ0) is 18.5. The van der Waals surface area contributed by atoms with Crippen molar-refractivity contribution in [3.05, 3.63) is 59.1 Å². The van der Waals surface area contributed by atoms with E-state index in [0.717, 1.165) is 24.7 Å². The lowest BCUT2D eigenvalue weighted by molar-refractivity contribution is 0.438. The van der Waals surface area contributed by atoms with E-state index in [2.05, 4.69) is 53.6 Å². The molecule has 0 saturated carbocycles. The van der Waals surface area contributed by atoms with E-state index in [-0.39, 0.29) is 6.04 Å². The molecule has 0 aliphatic carbocycles. The van der Waals surface area contributed by atoms with Gasteiger partial charge >= 0.3 is 0 Å². The Labute approximate surface area is 166 Å². The van der Waals surface area contributed by atoms with Gasteiger partial charge in [0.15, 0.2) is 5.11 Å². The molecule has 26 heavy (non-hydrogen) atoms. The Morgan fingerprint density at radius 2 is 1.85 bits per heavy atom. The highest BCUT2D eigenvalue weighted by atomic mass is 35.5. The average molecular weight is 388 g/mol. The van der Waals surface area contributed by atoms with Crippen LogP contribution in [0.5, 0.6) is 0 Å². The topological polar surface area (TPSA) is 27.3 Å². The first kappa shape index (κ1) is 19.0. The maximum absolute atomic E-state index is 6.01. The van der Waals surface area contributed by atoms with Gasteiger partial charge in [0.05, 0.1) is 6.04 Å². The lowest BCUT2D eigenvalue weighted by atomic mass is 9.98. The smallest absolute Gasteiger partial charge is 0.171 e. The molecule has 1 heterocycles. The van der Waals surface area contributed by atoms with Crippen molar-refractivity contribution in [1.82, 2.24) is 5.32 Å². The first-order chi connectivity index (χ1) is 12.5. The van der Waals surface area contributed by atoms with Crippen molar-refractivity contribution >= 4 is 40.3 Å². The van der Waals surface area contributed by atoms with E-state index in [1.165, 1.54) is 24.1 Å². The molecule has 1 aliphatic rings. The Balaban J connectivity index is 1.56. The van der Waals surface area contributed by atoms with Crippen molar-refractivity contribution in [3.8, 4) is 0 Å². The van der Waals surface area contributed by atoms with Crippen molar-refractivity contribution in [2.75, 3.05) is 23.3 Å². The number of nitrogens with zero attached hydrogens (tertiary/aromatic N) is 1. The molecule has 1 fully saturated rings. The Hall–Kier alpha value is -1.78. The predicted octanol–water partition coefficient (Wildman–Crippen LogP) is 5.62. The van der Waals surface area contributed by atoms with Crippen LogP contribution in [0.2, 0.25) is 5.02 Å². The van der Waals surface area contributed by atoms with E-state index in [1.54, 1.807) is 0 Å². The van der Waals surface area contributed by atoms with Crippen molar-refractivity contribution in [2.24, 2.45) is 5.92 Å². The van der Waals surface area contributed by atoms with Crippen LogP contribution in [-0.2, 0) is 0 Å². The summed E-state index contributed by atoms with van der Waals surface area (Å²) in [4.78, 5) is 2.48. The van der Waals surface area contributed by atoms with Crippen LogP contribution in [0.1, 0.15) is 38.3 Å². The van der Waals surface area contributed by atoms with Crippen LogP contribution < -0.4 is 15.5 Å². The van der Waals surface area contributed by atoms with Gasteiger partial charge in [0, 0.05) is 29.5 Å². The van der Waals surface area contributed by atoms with Crippen LogP contribution >= 0.6 is 23.8 Å². The number of thiocarbonyl (C=S) groups is 1.